The lowest BCUT2D eigenvalue weighted by atomic mass is 10.0. The summed E-state index contributed by atoms with van der Waals surface area (Å²) in [5, 5.41) is 4.54. The molecule has 2 aromatic carbocycles. The van der Waals surface area contributed by atoms with Crippen LogP contribution in [0.5, 0.6) is 0 Å². The van der Waals surface area contributed by atoms with Crippen LogP contribution in [0, 0.1) is 26.6 Å². The first kappa shape index (κ1) is 27.9. The molecule has 0 radical (unpaired) electrons. The number of halogens is 1. The van der Waals surface area contributed by atoms with Crippen molar-refractivity contribution in [3.8, 4) is 0 Å². The molecule has 1 aliphatic rings. The maximum absolute atomic E-state index is 13.6. The molecule has 0 bridgehead atoms. The summed E-state index contributed by atoms with van der Waals surface area (Å²) in [5.41, 5.74) is 6.55. The van der Waals surface area contributed by atoms with Crippen LogP contribution in [0.2, 0.25) is 0 Å². The zero-order valence-corrected chi connectivity index (χ0v) is 23.5. The lowest BCUT2D eigenvalue weighted by Crippen LogP contribution is -2.49. The molecule has 0 spiro atoms. The third-order valence-electron chi connectivity index (χ3n) is 7.50. The quantitative estimate of drug-likeness (QED) is 0.410. The Hall–Kier alpha value is -3.17. The van der Waals surface area contributed by atoms with Gasteiger partial charge in [-0.05, 0) is 61.7 Å². The first-order valence-corrected chi connectivity index (χ1v) is 15.0. The van der Waals surface area contributed by atoms with E-state index in [1.807, 2.05) is 30.0 Å². The van der Waals surface area contributed by atoms with Crippen LogP contribution in [0.1, 0.15) is 32.7 Å². The number of benzene rings is 2. The minimum atomic E-state index is -3.02. The molecule has 1 saturated heterocycles. The number of amides is 1. The van der Waals surface area contributed by atoms with Gasteiger partial charge in [0.1, 0.15) is 15.7 Å². The molecule has 1 aromatic heterocycles. The summed E-state index contributed by atoms with van der Waals surface area (Å²) in [6, 6.07) is 8.66. The molecule has 7 nitrogen and oxygen atoms in total. The van der Waals surface area contributed by atoms with Gasteiger partial charge < -0.3 is 14.8 Å². The Morgan fingerprint density at radius 1 is 1.11 bits per heavy atom. The summed E-state index contributed by atoms with van der Waals surface area (Å²) in [7, 11) is -3.02. The SMILES string of the molecule is C=CCn1c(C)c(C)c2cc(C(=O)N3CCN(CCS(C)(=O)=O)CC3)cc(NCc3ccc(F)cc3C)c21. The predicted octanol–water partition coefficient (Wildman–Crippen LogP) is 4.31. The van der Waals surface area contributed by atoms with E-state index >= 15 is 0 Å². The number of aryl methyl sites for hydroxylation is 2. The number of hydrogen-bond donors (Lipinski definition) is 1. The minimum absolute atomic E-state index is 0.0378. The van der Waals surface area contributed by atoms with E-state index in [1.165, 1.54) is 18.4 Å². The molecule has 4 rings (SSSR count). The number of nitrogens with zero attached hydrogens (tertiary/aromatic N) is 3. The Balaban J connectivity index is 1.63. The van der Waals surface area contributed by atoms with Gasteiger partial charge in [-0.1, -0.05) is 12.1 Å². The fourth-order valence-corrected chi connectivity index (χ4v) is 5.68. The lowest BCUT2D eigenvalue weighted by Gasteiger charge is -2.34. The number of piperazine rings is 1. The molecule has 1 fully saturated rings. The van der Waals surface area contributed by atoms with Gasteiger partial charge in [-0.2, -0.15) is 0 Å². The summed E-state index contributed by atoms with van der Waals surface area (Å²) in [4.78, 5) is 17.6. The third-order valence-corrected chi connectivity index (χ3v) is 8.43. The number of aromatic nitrogens is 1. The van der Waals surface area contributed by atoms with Crippen molar-refractivity contribution in [2.24, 2.45) is 0 Å². The van der Waals surface area contributed by atoms with Gasteiger partial charge in [0.05, 0.1) is 17.0 Å². The van der Waals surface area contributed by atoms with Gasteiger partial charge in [-0.15, -0.1) is 6.58 Å². The number of hydrogen-bond acceptors (Lipinski definition) is 5. The van der Waals surface area contributed by atoms with E-state index in [0.29, 0.717) is 51.4 Å². The van der Waals surface area contributed by atoms with Crippen molar-refractivity contribution in [3.05, 3.63) is 76.8 Å². The van der Waals surface area contributed by atoms with E-state index in [4.69, 9.17) is 0 Å². The van der Waals surface area contributed by atoms with Crippen LogP contribution in [0.15, 0.2) is 43.0 Å². The average Bonchev–Trinajstić information content (AvgIpc) is 3.11. The monoisotopic (exact) mass is 540 g/mol. The van der Waals surface area contributed by atoms with Gasteiger partial charge in [0, 0.05) is 68.7 Å². The smallest absolute Gasteiger partial charge is 0.254 e. The molecule has 1 N–H and O–H groups in total. The van der Waals surface area contributed by atoms with Crippen LogP contribution in [0.4, 0.5) is 10.1 Å². The normalized spacial score (nSPS) is 14.7. The van der Waals surface area contributed by atoms with Gasteiger partial charge in [0.2, 0.25) is 0 Å². The molecule has 0 unspecified atom stereocenters. The number of fused-ring (bicyclic) bond motifs is 1. The van der Waals surface area contributed by atoms with Gasteiger partial charge in [0.25, 0.3) is 5.91 Å². The largest absolute Gasteiger partial charge is 0.379 e. The fourth-order valence-electron chi connectivity index (χ4n) is 5.09. The van der Waals surface area contributed by atoms with Gasteiger partial charge >= 0.3 is 0 Å². The third kappa shape index (κ3) is 6.10. The first-order chi connectivity index (χ1) is 18.0. The Labute approximate surface area is 224 Å². The molecular formula is C29H37FN4O3S. The van der Waals surface area contributed by atoms with E-state index in [2.05, 4.69) is 35.2 Å². The molecule has 0 aliphatic carbocycles. The second-order valence-corrected chi connectivity index (χ2v) is 12.5. The second-order valence-electron chi connectivity index (χ2n) is 10.2. The van der Waals surface area contributed by atoms with Crippen LogP contribution in [-0.4, -0.2) is 73.4 Å². The van der Waals surface area contributed by atoms with Crippen LogP contribution in [-0.2, 0) is 22.9 Å². The second kappa shape index (κ2) is 11.3. The Morgan fingerprint density at radius 3 is 2.45 bits per heavy atom. The molecule has 1 aliphatic heterocycles. The summed E-state index contributed by atoms with van der Waals surface area (Å²) in [5.74, 6) is -0.173. The number of carbonyl (C=O) groups excluding carboxylic acids is 1. The zero-order chi connectivity index (χ0) is 27.6. The summed E-state index contributed by atoms with van der Waals surface area (Å²) in [6.07, 6.45) is 3.11. The van der Waals surface area contributed by atoms with Gasteiger partial charge in [-0.3, -0.25) is 9.69 Å². The van der Waals surface area contributed by atoms with Crippen molar-refractivity contribution in [3.63, 3.8) is 0 Å². The molecule has 38 heavy (non-hydrogen) atoms. The first-order valence-electron chi connectivity index (χ1n) is 12.9. The molecular weight excluding hydrogens is 503 g/mol. The highest BCUT2D eigenvalue weighted by Crippen LogP contribution is 2.34. The van der Waals surface area contributed by atoms with Crippen molar-refractivity contribution in [2.75, 3.05) is 50.0 Å². The fraction of sp³-hybridized carbons (Fsp3) is 0.414. The maximum Gasteiger partial charge on any atom is 0.254 e. The molecule has 204 valence electrons. The zero-order valence-electron chi connectivity index (χ0n) is 22.7. The summed E-state index contributed by atoms with van der Waals surface area (Å²) in [6.45, 7) is 14.0. The van der Waals surface area contributed by atoms with Crippen LogP contribution in [0.25, 0.3) is 10.9 Å². The molecule has 9 heteroatoms. The van der Waals surface area contributed by atoms with E-state index in [1.54, 1.807) is 6.07 Å². The number of rotatable bonds is 9. The van der Waals surface area contributed by atoms with Gasteiger partial charge in [-0.25, -0.2) is 12.8 Å². The number of allylic oxidation sites excluding steroid dienone is 1. The van der Waals surface area contributed by atoms with E-state index in [0.717, 1.165) is 39.0 Å². The van der Waals surface area contributed by atoms with Crippen molar-refractivity contribution < 1.29 is 17.6 Å². The van der Waals surface area contributed by atoms with Crippen molar-refractivity contribution >= 4 is 32.3 Å². The van der Waals surface area contributed by atoms with Crippen LogP contribution in [0.3, 0.4) is 0 Å². The Kier molecular flexibility index (Phi) is 8.28. The van der Waals surface area contributed by atoms with E-state index in [-0.39, 0.29) is 17.5 Å². The highest BCUT2D eigenvalue weighted by molar-refractivity contribution is 7.90. The predicted molar refractivity (Wildman–Crippen MR) is 152 cm³/mol. The standard InChI is InChI=1S/C29H37FN4O3S/c1-6-9-34-22(4)21(3)26-17-24(29(35)33-12-10-32(11-13-33)14-15-38(5,36)37)18-27(28(26)34)31-19-23-7-8-25(30)16-20(23)2/h6-8,16-18,31H,1,9-15,19H2,2-5H3. The highest BCUT2D eigenvalue weighted by Gasteiger charge is 2.25. The molecule has 0 saturated carbocycles. The Bertz CT molecular complexity index is 1470. The van der Waals surface area contributed by atoms with Crippen molar-refractivity contribution in [1.29, 1.82) is 0 Å². The van der Waals surface area contributed by atoms with E-state index < -0.39 is 9.84 Å². The molecule has 3 aromatic rings. The highest BCUT2D eigenvalue weighted by atomic mass is 32.2. The average molecular weight is 541 g/mol. The van der Waals surface area contributed by atoms with Crippen LogP contribution < -0.4 is 5.32 Å². The number of nitrogens with one attached hydrogen (secondary N) is 1. The molecule has 1 amide bonds. The van der Waals surface area contributed by atoms with Crippen LogP contribution >= 0.6 is 0 Å². The summed E-state index contributed by atoms with van der Waals surface area (Å²) < 4.78 is 38.9. The Morgan fingerprint density at radius 2 is 1.82 bits per heavy atom. The topological polar surface area (TPSA) is 74.7 Å². The minimum Gasteiger partial charge on any atom is -0.379 e. The van der Waals surface area contributed by atoms with Crippen molar-refractivity contribution in [1.82, 2.24) is 14.4 Å². The van der Waals surface area contributed by atoms with Crippen molar-refractivity contribution in [2.45, 2.75) is 33.9 Å². The lowest BCUT2D eigenvalue weighted by molar-refractivity contribution is 0.0644. The number of carbonyl (C=O) groups is 1. The number of anilines is 1. The number of sulfone groups is 1. The summed E-state index contributed by atoms with van der Waals surface area (Å²) >= 11 is 0. The van der Waals surface area contributed by atoms with Gasteiger partial charge in [0.15, 0.2) is 0 Å². The molecule has 2 heterocycles. The molecule has 0 atom stereocenters. The maximum atomic E-state index is 13.6. The van der Waals surface area contributed by atoms with E-state index in [9.17, 15) is 17.6 Å².